The summed E-state index contributed by atoms with van der Waals surface area (Å²) in [6.07, 6.45) is 3.41. The highest BCUT2D eigenvalue weighted by atomic mass is 19.1. The lowest BCUT2D eigenvalue weighted by Gasteiger charge is -2.34. The van der Waals surface area contributed by atoms with E-state index in [1.807, 2.05) is 12.1 Å². The monoisotopic (exact) mass is 412 g/mol. The van der Waals surface area contributed by atoms with E-state index in [0.717, 1.165) is 43.7 Å². The Balaban J connectivity index is 1.84. The minimum Gasteiger partial charge on any atom is -0.387 e. The summed E-state index contributed by atoms with van der Waals surface area (Å²) in [5, 5.41) is 23.9. The molecule has 3 rings (SSSR count). The quantitative estimate of drug-likeness (QED) is 0.639. The average molecular weight is 412 g/mol. The van der Waals surface area contributed by atoms with E-state index in [9.17, 15) is 9.18 Å². The van der Waals surface area contributed by atoms with Crippen LogP contribution in [-0.4, -0.2) is 46.7 Å². The molecule has 0 radical (unpaired) electrons. The molecule has 8 nitrogen and oxygen atoms in total. The summed E-state index contributed by atoms with van der Waals surface area (Å²) in [5.74, 6) is 0.145. The fourth-order valence-electron chi connectivity index (χ4n) is 3.48. The molecule has 1 aromatic carbocycles. The number of anilines is 3. The van der Waals surface area contributed by atoms with Crippen molar-refractivity contribution in [3.05, 3.63) is 41.3 Å². The van der Waals surface area contributed by atoms with Crippen molar-refractivity contribution in [3.8, 4) is 6.07 Å². The Kier molecular flexibility index (Phi) is 7.14. The van der Waals surface area contributed by atoms with Crippen LogP contribution in [0.2, 0.25) is 0 Å². The Morgan fingerprint density at radius 1 is 1.40 bits per heavy atom. The summed E-state index contributed by atoms with van der Waals surface area (Å²) in [4.78, 5) is 22.8. The van der Waals surface area contributed by atoms with Gasteiger partial charge in [0.05, 0.1) is 5.56 Å². The maximum Gasteiger partial charge on any atom is 0.245 e. The number of aryl methyl sites for hydroxylation is 1. The van der Waals surface area contributed by atoms with Crippen LogP contribution in [0.25, 0.3) is 0 Å². The van der Waals surface area contributed by atoms with Crippen molar-refractivity contribution < 1.29 is 14.3 Å². The Bertz CT molecular complexity index is 946. The van der Waals surface area contributed by atoms with E-state index in [2.05, 4.69) is 32.4 Å². The number of amides is 1. The second kappa shape index (κ2) is 9.98. The van der Waals surface area contributed by atoms with Crippen molar-refractivity contribution in [2.24, 2.45) is 0 Å². The smallest absolute Gasteiger partial charge is 0.245 e. The van der Waals surface area contributed by atoms with Gasteiger partial charge in [-0.05, 0) is 37.5 Å². The van der Waals surface area contributed by atoms with Crippen LogP contribution >= 0.6 is 0 Å². The topological polar surface area (TPSA) is 114 Å². The number of nitrogens with one attached hydrogen (secondary N) is 2. The fraction of sp³-hybridized carbons (Fsp3) is 0.429. The van der Waals surface area contributed by atoms with Crippen molar-refractivity contribution in [2.75, 3.05) is 29.9 Å². The van der Waals surface area contributed by atoms with Crippen LogP contribution in [-0.2, 0) is 11.2 Å². The largest absolute Gasteiger partial charge is 0.387 e. The third-order valence-corrected chi connectivity index (χ3v) is 4.87. The maximum atomic E-state index is 13.6. The van der Waals surface area contributed by atoms with Crippen LogP contribution in [0.3, 0.4) is 0 Å². The van der Waals surface area contributed by atoms with E-state index in [1.165, 1.54) is 18.2 Å². The van der Waals surface area contributed by atoms with E-state index in [-0.39, 0.29) is 17.5 Å². The third-order valence-electron chi connectivity index (χ3n) is 4.87. The van der Waals surface area contributed by atoms with Crippen LogP contribution in [0, 0.1) is 17.1 Å². The van der Waals surface area contributed by atoms with Gasteiger partial charge in [-0.3, -0.25) is 4.79 Å². The molecule has 1 aliphatic rings. The van der Waals surface area contributed by atoms with Gasteiger partial charge in [0.25, 0.3) is 0 Å². The third kappa shape index (κ3) is 5.42. The molecule has 2 aromatic rings. The fourth-order valence-corrected chi connectivity index (χ4v) is 3.48. The predicted octanol–water partition coefficient (Wildman–Crippen LogP) is 2.26. The number of benzene rings is 1. The van der Waals surface area contributed by atoms with Gasteiger partial charge in [-0.1, -0.05) is 13.3 Å². The Labute approximate surface area is 174 Å². The normalized spacial score (nSPS) is 16.1. The number of aromatic nitrogens is 2. The van der Waals surface area contributed by atoms with Gasteiger partial charge in [0.1, 0.15) is 24.3 Å². The van der Waals surface area contributed by atoms with E-state index >= 15 is 0 Å². The molecule has 0 bridgehead atoms. The van der Waals surface area contributed by atoms with E-state index < -0.39 is 12.4 Å². The molecule has 1 aromatic heterocycles. The highest BCUT2D eigenvalue weighted by Crippen LogP contribution is 2.23. The minimum absolute atomic E-state index is 0.0524. The molecule has 0 saturated carbocycles. The first kappa shape index (κ1) is 21.5. The summed E-state index contributed by atoms with van der Waals surface area (Å²) in [6.45, 7) is 2.92. The first-order chi connectivity index (χ1) is 14.5. The lowest BCUT2D eigenvalue weighted by molar-refractivity contribution is -0.124. The van der Waals surface area contributed by atoms with Crippen LogP contribution in [0.5, 0.6) is 0 Å². The molecule has 0 unspecified atom stereocenters. The van der Waals surface area contributed by atoms with Gasteiger partial charge in [-0.25, -0.2) is 9.37 Å². The number of hydrogen-bond acceptors (Lipinski definition) is 7. The van der Waals surface area contributed by atoms with E-state index in [4.69, 9.17) is 10.4 Å². The number of hydrogen-bond donors (Lipinski definition) is 3. The minimum atomic E-state index is -0.575. The SMILES string of the molecule is CCCc1cc(N2CCC[C@@H](NC(=O)CO)C2)nc(Nc2ccc(F)c(C#N)c2)n1. The molecule has 0 spiro atoms. The van der Waals surface area contributed by atoms with Gasteiger partial charge >= 0.3 is 0 Å². The summed E-state index contributed by atoms with van der Waals surface area (Å²) in [5.41, 5.74) is 1.34. The van der Waals surface area contributed by atoms with Crippen LogP contribution in [0.4, 0.5) is 21.8 Å². The first-order valence-corrected chi connectivity index (χ1v) is 10.0. The summed E-state index contributed by atoms with van der Waals surface area (Å²) in [7, 11) is 0. The zero-order valence-electron chi connectivity index (χ0n) is 16.9. The van der Waals surface area contributed by atoms with Gasteiger partial charge < -0.3 is 20.6 Å². The van der Waals surface area contributed by atoms with Crippen molar-refractivity contribution in [2.45, 2.75) is 38.6 Å². The maximum absolute atomic E-state index is 13.6. The highest BCUT2D eigenvalue weighted by Gasteiger charge is 2.23. The van der Waals surface area contributed by atoms with Crippen molar-refractivity contribution in [1.29, 1.82) is 5.26 Å². The zero-order chi connectivity index (χ0) is 21.5. The average Bonchev–Trinajstić information content (AvgIpc) is 2.75. The number of aliphatic hydroxyl groups excluding tert-OH is 1. The molecule has 30 heavy (non-hydrogen) atoms. The molecule has 2 heterocycles. The first-order valence-electron chi connectivity index (χ1n) is 10.0. The second-order valence-corrected chi connectivity index (χ2v) is 7.23. The highest BCUT2D eigenvalue weighted by molar-refractivity contribution is 5.77. The van der Waals surface area contributed by atoms with E-state index in [0.29, 0.717) is 18.2 Å². The number of carbonyl (C=O) groups excluding carboxylic acids is 1. The number of piperidine rings is 1. The molecular formula is C21H25FN6O2. The molecular weight excluding hydrogens is 387 g/mol. The molecule has 0 aliphatic carbocycles. The molecule has 1 amide bonds. The summed E-state index contributed by atoms with van der Waals surface area (Å²) < 4.78 is 13.6. The van der Waals surface area contributed by atoms with Crippen molar-refractivity contribution >= 4 is 23.4 Å². The molecule has 1 aliphatic heterocycles. The lowest BCUT2D eigenvalue weighted by Crippen LogP contribution is -2.48. The number of nitriles is 1. The van der Waals surface area contributed by atoms with Gasteiger partial charge in [0.2, 0.25) is 11.9 Å². The molecule has 158 valence electrons. The van der Waals surface area contributed by atoms with Crippen molar-refractivity contribution in [1.82, 2.24) is 15.3 Å². The van der Waals surface area contributed by atoms with Gasteiger partial charge in [0.15, 0.2) is 0 Å². The molecule has 1 saturated heterocycles. The van der Waals surface area contributed by atoms with Crippen LogP contribution in [0.15, 0.2) is 24.3 Å². The lowest BCUT2D eigenvalue weighted by atomic mass is 10.1. The summed E-state index contributed by atoms with van der Waals surface area (Å²) >= 11 is 0. The molecule has 3 N–H and O–H groups in total. The Morgan fingerprint density at radius 3 is 2.97 bits per heavy atom. The zero-order valence-corrected chi connectivity index (χ0v) is 16.9. The van der Waals surface area contributed by atoms with E-state index in [1.54, 1.807) is 0 Å². The summed E-state index contributed by atoms with van der Waals surface area (Å²) in [6, 6.07) is 7.90. The van der Waals surface area contributed by atoms with Gasteiger partial charge in [0, 0.05) is 36.6 Å². The number of halogens is 1. The standard InChI is InChI=1S/C21H25FN6O2/c1-2-4-15-10-19(28-8-3-5-17(12-28)24-20(30)13-29)27-21(25-15)26-16-6-7-18(22)14(9-16)11-23/h6-7,9-10,17,29H,2-5,8,12-13H2,1H3,(H,24,30)(H,25,26,27)/t17-/m1/s1. The van der Waals surface area contributed by atoms with Gasteiger partial charge in [-0.2, -0.15) is 10.2 Å². The predicted molar refractivity (Wildman–Crippen MR) is 111 cm³/mol. The number of carbonyl (C=O) groups is 1. The Morgan fingerprint density at radius 2 is 2.23 bits per heavy atom. The van der Waals surface area contributed by atoms with Crippen molar-refractivity contribution in [3.63, 3.8) is 0 Å². The Hall–Kier alpha value is -3.25. The van der Waals surface area contributed by atoms with Gasteiger partial charge in [-0.15, -0.1) is 0 Å². The number of nitrogens with zero attached hydrogens (tertiary/aromatic N) is 4. The van der Waals surface area contributed by atoms with Crippen LogP contribution in [0.1, 0.15) is 37.4 Å². The number of rotatable bonds is 7. The molecule has 1 atom stereocenters. The van der Waals surface area contributed by atoms with Crippen LogP contribution < -0.4 is 15.5 Å². The number of aliphatic hydroxyl groups is 1. The second-order valence-electron chi connectivity index (χ2n) is 7.23. The molecule has 9 heteroatoms. The molecule has 1 fully saturated rings.